The third-order valence-electron chi connectivity index (χ3n) is 4.07. The van der Waals surface area contributed by atoms with Crippen molar-refractivity contribution in [1.82, 2.24) is 0 Å². The summed E-state index contributed by atoms with van der Waals surface area (Å²) in [7, 11) is -11.9. The number of carbonyl (C=O) groups excluding carboxylic acids is 2. The van der Waals surface area contributed by atoms with Gasteiger partial charge < -0.3 is 4.74 Å². The van der Waals surface area contributed by atoms with E-state index >= 15 is 0 Å². The highest BCUT2D eigenvalue weighted by Crippen LogP contribution is 2.50. The molecule has 0 atom stereocenters. The smallest absolute Gasteiger partial charge is 0.352 e. The first-order chi connectivity index (χ1) is 14.5. The Morgan fingerprint density at radius 1 is 0.606 bits per heavy atom. The molecule has 0 bridgehead atoms. The highest BCUT2D eigenvalue weighted by atomic mass is 32.2. The van der Waals surface area contributed by atoms with E-state index in [0.717, 1.165) is 0 Å². The van der Waals surface area contributed by atoms with Crippen molar-refractivity contribution in [1.29, 1.82) is 0 Å². The van der Waals surface area contributed by atoms with Gasteiger partial charge in [0.25, 0.3) is 20.2 Å². The van der Waals surface area contributed by atoms with E-state index in [4.69, 9.17) is 9.11 Å². The first-order valence-corrected chi connectivity index (χ1v) is 10.5. The molecule has 0 aromatic rings. The van der Waals surface area contributed by atoms with Gasteiger partial charge in [-0.05, 0) is 24.3 Å². The second-order valence-corrected chi connectivity index (χ2v) is 8.93. The van der Waals surface area contributed by atoms with E-state index in [1.807, 2.05) is 0 Å². The maximum Gasteiger partial charge on any atom is 0.352 e. The summed E-state index contributed by atoms with van der Waals surface area (Å²) < 4.78 is 175. The second kappa shape index (κ2) is 7.43. The van der Waals surface area contributed by atoms with Gasteiger partial charge in [0.2, 0.25) is 0 Å². The SMILES string of the molecule is O=C(OC(=O)C1=CC=C(S(=O)(=O)O)C(F)(F)C1(F)F)C1=CC=C(S(=O)(=O)O)C(F)(F)C1(F)F. The molecule has 2 aliphatic carbocycles. The molecule has 0 spiro atoms. The van der Waals surface area contributed by atoms with Gasteiger partial charge in [0.05, 0.1) is 0 Å². The van der Waals surface area contributed by atoms with Crippen molar-refractivity contribution in [3.8, 4) is 0 Å². The van der Waals surface area contributed by atoms with Crippen molar-refractivity contribution in [2.24, 2.45) is 0 Å². The summed E-state index contributed by atoms with van der Waals surface area (Å²) in [5.41, 5.74) is -4.98. The molecule has 0 saturated carbocycles. The van der Waals surface area contributed by atoms with Crippen molar-refractivity contribution < 1.29 is 75.4 Å². The molecule has 0 aliphatic heterocycles. The van der Waals surface area contributed by atoms with Crippen LogP contribution in [-0.4, -0.2) is 61.6 Å². The van der Waals surface area contributed by atoms with Gasteiger partial charge in [-0.2, -0.15) is 52.0 Å². The third kappa shape index (κ3) is 4.08. The number of allylic oxidation sites excluding steroid dienone is 6. The van der Waals surface area contributed by atoms with Gasteiger partial charge in [-0.25, -0.2) is 9.59 Å². The maximum absolute atomic E-state index is 14.0. The summed E-state index contributed by atoms with van der Waals surface area (Å²) in [6.45, 7) is 0. The molecule has 0 fully saturated rings. The first-order valence-electron chi connectivity index (χ1n) is 7.59. The molecule has 2 rings (SSSR count). The number of carbonyl (C=O) groups is 2. The number of hydrogen-bond acceptors (Lipinski definition) is 7. The Bertz CT molecular complexity index is 1170. The molecule has 2 aliphatic rings. The minimum atomic E-state index is -5.94. The van der Waals surface area contributed by atoms with Crippen LogP contribution < -0.4 is 0 Å². The van der Waals surface area contributed by atoms with Crippen molar-refractivity contribution in [2.45, 2.75) is 23.7 Å². The predicted octanol–water partition coefficient (Wildman–Crippen LogP) is 2.02. The van der Waals surface area contributed by atoms with Crippen molar-refractivity contribution in [2.75, 3.05) is 0 Å². The number of rotatable bonds is 4. The minimum Gasteiger partial charge on any atom is -0.386 e. The van der Waals surface area contributed by atoms with Crippen LogP contribution in [0.3, 0.4) is 0 Å². The van der Waals surface area contributed by atoms with Gasteiger partial charge in [-0.3, -0.25) is 9.11 Å². The number of ether oxygens (including phenoxy) is 1. The number of halogens is 8. The van der Waals surface area contributed by atoms with Crippen LogP contribution in [-0.2, 0) is 34.6 Å². The lowest BCUT2D eigenvalue weighted by molar-refractivity contribution is -0.181. The molecule has 9 nitrogen and oxygen atoms in total. The molecule has 33 heavy (non-hydrogen) atoms. The Hall–Kier alpha value is -2.64. The summed E-state index contributed by atoms with van der Waals surface area (Å²) in [4.78, 5) is 18.3. The molecular weight excluding hydrogens is 528 g/mol. The fourth-order valence-electron chi connectivity index (χ4n) is 2.47. The lowest BCUT2D eigenvalue weighted by atomic mass is 9.95. The summed E-state index contributed by atoms with van der Waals surface area (Å²) in [6, 6.07) is 0. The lowest BCUT2D eigenvalue weighted by Gasteiger charge is -2.31. The topological polar surface area (TPSA) is 152 Å². The molecular formula is C14H6F8O9S2. The Morgan fingerprint density at radius 3 is 1.12 bits per heavy atom. The van der Waals surface area contributed by atoms with Crippen LogP contribution in [0.2, 0.25) is 0 Å². The molecule has 0 amide bonds. The van der Waals surface area contributed by atoms with Crippen LogP contribution in [0.25, 0.3) is 0 Å². The molecule has 19 heteroatoms. The second-order valence-electron chi connectivity index (χ2n) is 6.15. The van der Waals surface area contributed by atoms with E-state index in [1.54, 1.807) is 0 Å². The highest BCUT2D eigenvalue weighted by Gasteiger charge is 2.69. The van der Waals surface area contributed by atoms with E-state index in [0.29, 0.717) is 0 Å². The van der Waals surface area contributed by atoms with Crippen LogP contribution in [0.15, 0.2) is 45.3 Å². The predicted molar refractivity (Wildman–Crippen MR) is 86.3 cm³/mol. The highest BCUT2D eigenvalue weighted by molar-refractivity contribution is 7.90. The fourth-order valence-corrected chi connectivity index (χ4v) is 3.85. The zero-order valence-electron chi connectivity index (χ0n) is 14.9. The van der Waals surface area contributed by atoms with Gasteiger partial charge >= 0.3 is 35.6 Å². The number of alkyl halides is 8. The van der Waals surface area contributed by atoms with Gasteiger partial charge in [0.15, 0.2) is 0 Å². The lowest BCUT2D eigenvalue weighted by Crippen LogP contribution is -2.50. The Balaban J connectivity index is 2.49. The van der Waals surface area contributed by atoms with Crippen LogP contribution in [0, 0.1) is 0 Å². The zero-order valence-corrected chi connectivity index (χ0v) is 16.5. The maximum atomic E-state index is 14.0. The monoisotopic (exact) mass is 534 g/mol. The molecule has 184 valence electrons. The summed E-state index contributed by atoms with van der Waals surface area (Å²) in [5, 5.41) is 0. The quantitative estimate of drug-likeness (QED) is 0.239. The van der Waals surface area contributed by atoms with Gasteiger partial charge in [0, 0.05) is 0 Å². The molecule has 0 aromatic heterocycles. The Labute approximate surface area is 177 Å². The molecule has 0 aromatic carbocycles. The molecule has 2 N–H and O–H groups in total. The van der Waals surface area contributed by atoms with E-state index in [2.05, 4.69) is 4.74 Å². The third-order valence-corrected chi connectivity index (χ3v) is 5.96. The van der Waals surface area contributed by atoms with Crippen molar-refractivity contribution in [3.05, 3.63) is 45.3 Å². The normalized spacial score (nSPS) is 23.5. The summed E-state index contributed by atoms with van der Waals surface area (Å²) >= 11 is 0. The number of hydrogen-bond donors (Lipinski definition) is 2. The minimum absolute atomic E-state index is 0.367. The molecule has 0 heterocycles. The summed E-state index contributed by atoms with van der Waals surface area (Å²) in [5.74, 6) is -28.8. The van der Waals surface area contributed by atoms with Crippen molar-refractivity contribution in [3.63, 3.8) is 0 Å². The van der Waals surface area contributed by atoms with Crippen molar-refractivity contribution >= 4 is 32.2 Å². The van der Waals surface area contributed by atoms with Crippen LogP contribution >= 0.6 is 0 Å². The average molecular weight is 534 g/mol. The van der Waals surface area contributed by atoms with E-state index in [1.165, 1.54) is 0 Å². The Kier molecular flexibility index (Phi) is 5.99. The molecule has 0 unspecified atom stereocenters. The van der Waals surface area contributed by atoms with E-state index in [-0.39, 0.29) is 12.2 Å². The molecule has 0 saturated heterocycles. The van der Waals surface area contributed by atoms with Gasteiger partial charge in [0.1, 0.15) is 21.0 Å². The van der Waals surface area contributed by atoms with E-state index < -0.39 is 89.0 Å². The zero-order chi connectivity index (χ0) is 26.0. The Morgan fingerprint density at radius 2 is 0.879 bits per heavy atom. The standard InChI is InChI=1S/C14H6F8O9S2/c15-11(16)5(1-3-7(13(11,19)20)32(25,26)27)9(23)31-10(24)6-2-4-8(33(28,29)30)14(21,22)12(6,17)18/h1-4H,(H,25,26,27)(H,28,29,30). The van der Waals surface area contributed by atoms with Crippen LogP contribution in [0.1, 0.15) is 0 Å². The first kappa shape index (κ1) is 26.6. The van der Waals surface area contributed by atoms with E-state index in [9.17, 15) is 61.5 Å². The summed E-state index contributed by atoms with van der Waals surface area (Å²) in [6.07, 6.45) is -1.52. The van der Waals surface area contributed by atoms with Crippen LogP contribution in [0.5, 0.6) is 0 Å². The van der Waals surface area contributed by atoms with Gasteiger partial charge in [-0.15, -0.1) is 0 Å². The fraction of sp³-hybridized carbons (Fsp3) is 0.286. The number of esters is 2. The molecule has 0 radical (unpaired) electrons. The van der Waals surface area contributed by atoms with Crippen LogP contribution in [0.4, 0.5) is 35.1 Å². The van der Waals surface area contributed by atoms with Gasteiger partial charge in [-0.1, -0.05) is 0 Å². The average Bonchev–Trinajstić information content (AvgIpc) is 2.56. The largest absolute Gasteiger partial charge is 0.386 e.